The third-order valence-corrected chi connectivity index (χ3v) is 5.36. The highest BCUT2D eigenvalue weighted by Crippen LogP contribution is 2.32. The first-order chi connectivity index (χ1) is 16.1. The van der Waals surface area contributed by atoms with Crippen molar-refractivity contribution in [3.05, 3.63) is 90.1 Å². The van der Waals surface area contributed by atoms with Gasteiger partial charge in [0.25, 0.3) is 0 Å². The SMILES string of the molecule is COc1cc(-c2ccc3nc(-c4cccnc4)nc(Nc4ccc(F)c(Cl)c4)c3c2)ccn1. The Morgan fingerprint density at radius 3 is 2.58 bits per heavy atom. The second-order valence-corrected chi connectivity index (χ2v) is 7.62. The van der Waals surface area contributed by atoms with Gasteiger partial charge in [-0.25, -0.2) is 19.3 Å². The largest absolute Gasteiger partial charge is 0.481 e. The summed E-state index contributed by atoms with van der Waals surface area (Å²) in [4.78, 5) is 17.8. The van der Waals surface area contributed by atoms with Gasteiger partial charge in [-0.2, -0.15) is 0 Å². The van der Waals surface area contributed by atoms with Crippen molar-refractivity contribution >= 4 is 34.0 Å². The van der Waals surface area contributed by atoms with E-state index in [2.05, 4.69) is 15.3 Å². The molecule has 0 spiro atoms. The molecule has 0 atom stereocenters. The summed E-state index contributed by atoms with van der Waals surface area (Å²) in [5.41, 5.74) is 4.01. The van der Waals surface area contributed by atoms with Crippen molar-refractivity contribution in [3.63, 3.8) is 0 Å². The molecular formula is C25H17ClFN5O. The van der Waals surface area contributed by atoms with E-state index in [-0.39, 0.29) is 5.02 Å². The molecule has 3 heterocycles. The standard InChI is InChI=1S/C25H17ClFN5O/c1-33-23-12-16(8-10-29-23)15-4-7-22-19(11-15)25(30-18-5-6-21(27)20(26)13-18)32-24(31-22)17-3-2-9-28-14-17/h2-14H,1H3,(H,30,31,32). The van der Waals surface area contributed by atoms with Gasteiger partial charge in [0, 0.05) is 41.3 Å². The van der Waals surface area contributed by atoms with Gasteiger partial charge in [-0.1, -0.05) is 17.7 Å². The van der Waals surface area contributed by atoms with Gasteiger partial charge < -0.3 is 10.1 Å². The van der Waals surface area contributed by atoms with Crippen LogP contribution in [-0.2, 0) is 0 Å². The van der Waals surface area contributed by atoms with Crippen LogP contribution in [0.3, 0.4) is 0 Å². The fourth-order valence-electron chi connectivity index (χ4n) is 3.44. The number of fused-ring (bicyclic) bond motifs is 1. The molecule has 6 nitrogen and oxygen atoms in total. The number of methoxy groups -OCH3 is 1. The van der Waals surface area contributed by atoms with Crippen LogP contribution in [-0.4, -0.2) is 27.0 Å². The Kier molecular flexibility index (Phi) is 5.54. The number of halogens is 2. The molecular weight excluding hydrogens is 441 g/mol. The number of anilines is 2. The Morgan fingerprint density at radius 1 is 0.909 bits per heavy atom. The summed E-state index contributed by atoms with van der Waals surface area (Å²) in [5, 5.41) is 4.08. The van der Waals surface area contributed by atoms with Crippen LogP contribution in [0.2, 0.25) is 5.02 Å². The molecule has 0 fully saturated rings. The van der Waals surface area contributed by atoms with Gasteiger partial charge in [0.05, 0.1) is 17.6 Å². The molecule has 1 N–H and O–H groups in total. The number of hydrogen-bond acceptors (Lipinski definition) is 6. The molecule has 0 aliphatic rings. The zero-order chi connectivity index (χ0) is 22.8. The highest BCUT2D eigenvalue weighted by atomic mass is 35.5. The van der Waals surface area contributed by atoms with Crippen molar-refractivity contribution in [2.24, 2.45) is 0 Å². The number of nitrogens with one attached hydrogen (secondary N) is 1. The van der Waals surface area contributed by atoms with Crippen molar-refractivity contribution in [1.82, 2.24) is 19.9 Å². The summed E-state index contributed by atoms with van der Waals surface area (Å²) in [7, 11) is 1.58. The molecule has 0 aliphatic heterocycles. The minimum Gasteiger partial charge on any atom is -0.481 e. The second-order valence-electron chi connectivity index (χ2n) is 7.21. The van der Waals surface area contributed by atoms with E-state index in [9.17, 15) is 4.39 Å². The van der Waals surface area contributed by atoms with Gasteiger partial charge in [0.2, 0.25) is 5.88 Å². The third kappa shape index (κ3) is 4.31. The maximum Gasteiger partial charge on any atom is 0.213 e. The third-order valence-electron chi connectivity index (χ3n) is 5.08. The van der Waals surface area contributed by atoms with E-state index in [0.29, 0.717) is 23.2 Å². The summed E-state index contributed by atoms with van der Waals surface area (Å²) in [6.45, 7) is 0. The lowest BCUT2D eigenvalue weighted by atomic mass is 10.0. The van der Waals surface area contributed by atoms with E-state index >= 15 is 0 Å². The molecule has 8 heteroatoms. The van der Waals surface area contributed by atoms with Gasteiger partial charge in [-0.3, -0.25) is 4.98 Å². The molecule has 5 aromatic rings. The predicted molar refractivity (Wildman–Crippen MR) is 127 cm³/mol. The van der Waals surface area contributed by atoms with E-state index in [4.69, 9.17) is 26.3 Å². The molecule has 0 radical (unpaired) electrons. The Labute approximate surface area is 194 Å². The summed E-state index contributed by atoms with van der Waals surface area (Å²) in [5.74, 6) is 1.11. The zero-order valence-electron chi connectivity index (χ0n) is 17.5. The fraction of sp³-hybridized carbons (Fsp3) is 0.0400. The molecule has 0 aliphatic carbocycles. The van der Waals surface area contributed by atoms with Crippen LogP contribution in [0.1, 0.15) is 0 Å². The lowest BCUT2D eigenvalue weighted by Gasteiger charge is -2.13. The number of rotatable bonds is 5. The van der Waals surface area contributed by atoms with E-state index in [1.165, 1.54) is 12.1 Å². The molecule has 0 saturated carbocycles. The predicted octanol–water partition coefficient (Wildman–Crippen LogP) is 6.30. The first kappa shape index (κ1) is 20.8. The lowest BCUT2D eigenvalue weighted by molar-refractivity contribution is 0.398. The maximum atomic E-state index is 13.7. The molecule has 2 aromatic carbocycles. The van der Waals surface area contributed by atoms with E-state index < -0.39 is 5.82 Å². The molecule has 0 bridgehead atoms. The first-order valence-electron chi connectivity index (χ1n) is 10.1. The van der Waals surface area contributed by atoms with Crippen molar-refractivity contribution in [2.75, 3.05) is 12.4 Å². The van der Waals surface area contributed by atoms with Crippen LogP contribution in [0.5, 0.6) is 5.88 Å². The van der Waals surface area contributed by atoms with Crippen molar-refractivity contribution in [2.45, 2.75) is 0 Å². The average molecular weight is 458 g/mol. The van der Waals surface area contributed by atoms with Gasteiger partial charge >= 0.3 is 0 Å². The van der Waals surface area contributed by atoms with Crippen molar-refractivity contribution in [1.29, 1.82) is 0 Å². The zero-order valence-corrected chi connectivity index (χ0v) is 18.2. The number of nitrogens with zero attached hydrogens (tertiary/aromatic N) is 4. The smallest absolute Gasteiger partial charge is 0.213 e. The normalized spacial score (nSPS) is 10.9. The number of aromatic nitrogens is 4. The highest BCUT2D eigenvalue weighted by molar-refractivity contribution is 6.31. The van der Waals surface area contributed by atoms with Crippen LogP contribution >= 0.6 is 11.6 Å². The van der Waals surface area contributed by atoms with Gasteiger partial charge in [-0.15, -0.1) is 0 Å². The highest BCUT2D eigenvalue weighted by Gasteiger charge is 2.13. The summed E-state index contributed by atoms with van der Waals surface area (Å²) in [6, 6.07) is 17.8. The fourth-order valence-corrected chi connectivity index (χ4v) is 3.62. The Morgan fingerprint density at radius 2 is 1.79 bits per heavy atom. The second kappa shape index (κ2) is 8.80. The van der Waals surface area contributed by atoms with E-state index in [0.717, 1.165) is 27.6 Å². The molecule has 0 unspecified atom stereocenters. The molecule has 5 rings (SSSR count). The number of ether oxygens (including phenoxy) is 1. The van der Waals surface area contributed by atoms with Crippen LogP contribution in [0.15, 0.2) is 79.3 Å². The quantitative estimate of drug-likeness (QED) is 0.334. The molecule has 0 saturated heterocycles. The molecule has 162 valence electrons. The molecule has 33 heavy (non-hydrogen) atoms. The number of benzene rings is 2. The first-order valence-corrected chi connectivity index (χ1v) is 10.4. The summed E-state index contributed by atoms with van der Waals surface area (Å²) >= 11 is 5.99. The monoisotopic (exact) mass is 457 g/mol. The minimum atomic E-state index is -0.486. The summed E-state index contributed by atoms with van der Waals surface area (Å²) < 4.78 is 18.9. The van der Waals surface area contributed by atoms with Crippen LogP contribution in [0.4, 0.5) is 15.9 Å². The Hall–Kier alpha value is -4.10. The van der Waals surface area contributed by atoms with E-state index in [1.54, 1.807) is 31.8 Å². The molecule has 0 amide bonds. The van der Waals surface area contributed by atoms with Crippen molar-refractivity contribution in [3.8, 4) is 28.4 Å². The number of pyridine rings is 2. The average Bonchev–Trinajstić information content (AvgIpc) is 2.86. The van der Waals surface area contributed by atoms with Crippen LogP contribution in [0.25, 0.3) is 33.4 Å². The van der Waals surface area contributed by atoms with Crippen LogP contribution in [0, 0.1) is 5.82 Å². The number of hydrogen-bond donors (Lipinski definition) is 1. The van der Waals surface area contributed by atoms with Crippen LogP contribution < -0.4 is 10.1 Å². The van der Waals surface area contributed by atoms with Gasteiger partial charge in [0.1, 0.15) is 11.6 Å². The Bertz CT molecular complexity index is 1460. The molecule has 3 aromatic heterocycles. The minimum absolute atomic E-state index is 0.0235. The topological polar surface area (TPSA) is 72.8 Å². The van der Waals surface area contributed by atoms with Gasteiger partial charge in [-0.05, 0) is 59.7 Å². The Balaban J connectivity index is 1.67. The van der Waals surface area contributed by atoms with Gasteiger partial charge in [0.15, 0.2) is 5.82 Å². The summed E-state index contributed by atoms with van der Waals surface area (Å²) in [6.07, 6.45) is 5.09. The lowest BCUT2D eigenvalue weighted by Crippen LogP contribution is -2.00. The maximum absolute atomic E-state index is 13.7. The van der Waals surface area contributed by atoms with Crippen molar-refractivity contribution < 1.29 is 9.13 Å². The van der Waals surface area contributed by atoms with E-state index in [1.807, 2.05) is 42.5 Å².